The predicted molar refractivity (Wildman–Crippen MR) is 157 cm³/mol. The molecule has 4 atom stereocenters. The van der Waals surface area contributed by atoms with E-state index in [1.807, 2.05) is 31.2 Å². The van der Waals surface area contributed by atoms with Gasteiger partial charge in [-0.3, -0.25) is 9.36 Å². The Kier molecular flexibility index (Phi) is 8.49. The Morgan fingerprint density at radius 2 is 2.25 bits per heavy atom. The van der Waals surface area contributed by atoms with Gasteiger partial charge in [0.2, 0.25) is 5.16 Å². The lowest BCUT2D eigenvalue weighted by molar-refractivity contribution is -0.579. The smallest absolute Gasteiger partial charge is 0.408 e. The van der Waals surface area contributed by atoms with E-state index in [0.717, 1.165) is 26.6 Å². The van der Waals surface area contributed by atoms with Gasteiger partial charge in [0, 0.05) is 34.1 Å². The molecule has 207 valence electrons. The molecule has 1 aromatic carbocycles. The number of fused-ring (bicyclic) bond motifs is 2. The van der Waals surface area contributed by atoms with Crippen molar-refractivity contribution >= 4 is 62.4 Å². The molecule has 2 aliphatic heterocycles. The molecule has 5 rings (SSSR count). The molecule has 0 aliphatic carbocycles. The zero-order chi connectivity index (χ0) is 28.4. The third kappa shape index (κ3) is 5.49. The van der Waals surface area contributed by atoms with E-state index in [4.69, 9.17) is 26.1 Å². The topological polar surface area (TPSA) is 110 Å². The minimum absolute atomic E-state index is 0.0256. The monoisotopic (exact) mass is 594 g/mol. The number of nitrogens with zero attached hydrogens (tertiary/aromatic N) is 3. The van der Waals surface area contributed by atoms with Crippen LogP contribution in [0.1, 0.15) is 24.6 Å². The lowest BCUT2D eigenvalue weighted by atomic mass is 9.93. The van der Waals surface area contributed by atoms with Gasteiger partial charge < -0.3 is 19.2 Å². The highest BCUT2D eigenvalue weighted by Crippen LogP contribution is 2.36. The van der Waals surface area contributed by atoms with Crippen molar-refractivity contribution in [2.45, 2.75) is 50.0 Å². The molecular formula is C28H30N4O5S2Si+. The van der Waals surface area contributed by atoms with E-state index in [1.165, 1.54) is 11.3 Å². The van der Waals surface area contributed by atoms with Crippen LogP contribution in [-0.4, -0.2) is 80.5 Å². The van der Waals surface area contributed by atoms with Gasteiger partial charge in [0.1, 0.15) is 29.6 Å². The van der Waals surface area contributed by atoms with Crippen molar-refractivity contribution in [3.05, 3.63) is 45.8 Å². The molecular weight excluding hydrogens is 565 g/mol. The van der Waals surface area contributed by atoms with Crippen LogP contribution in [0.3, 0.4) is 0 Å². The summed E-state index contributed by atoms with van der Waals surface area (Å²) in [5.41, 5.74) is 2.17. The van der Waals surface area contributed by atoms with Crippen LogP contribution in [0, 0.1) is 17.2 Å². The molecule has 0 bridgehead atoms. The molecule has 1 N–H and O–H groups in total. The van der Waals surface area contributed by atoms with E-state index in [2.05, 4.69) is 28.3 Å². The maximum atomic E-state index is 13.4. The van der Waals surface area contributed by atoms with E-state index >= 15 is 0 Å². The summed E-state index contributed by atoms with van der Waals surface area (Å²) < 4.78 is 19.8. The van der Waals surface area contributed by atoms with Crippen LogP contribution >= 0.6 is 23.6 Å². The van der Waals surface area contributed by atoms with Gasteiger partial charge in [-0.25, -0.2) is 9.37 Å². The first-order chi connectivity index (χ1) is 19.2. The third-order valence-electron chi connectivity index (χ3n) is 7.48. The fraction of sp³-hybridized carbons (Fsp3) is 0.464. The average Bonchev–Trinajstić information content (AvgIpc) is 3.61. The predicted octanol–water partition coefficient (Wildman–Crippen LogP) is 2.67. The number of benzene rings is 1. The van der Waals surface area contributed by atoms with E-state index in [9.17, 15) is 14.9 Å². The van der Waals surface area contributed by atoms with E-state index in [0.29, 0.717) is 56.9 Å². The van der Waals surface area contributed by atoms with Crippen molar-refractivity contribution in [1.29, 1.82) is 5.26 Å². The van der Waals surface area contributed by atoms with Crippen LogP contribution in [0.15, 0.2) is 39.5 Å². The average molecular weight is 595 g/mol. The third-order valence-corrected chi connectivity index (χ3v) is 9.78. The second kappa shape index (κ2) is 11.9. The molecule has 1 amide bonds. The second-order valence-electron chi connectivity index (χ2n) is 10.1. The number of aromatic nitrogens is 1. The van der Waals surface area contributed by atoms with Gasteiger partial charge >= 0.3 is 5.76 Å². The quantitative estimate of drug-likeness (QED) is 0.166. The number of hydrogen-bond donors (Lipinski definition) is 1. The van der Waals surface area contributed by atoms with Crippen molar-refractivity contribution in [1.82, 2.24) is 9.88 Å². The molecule has 2 aromatic heterocycles. The first kappa shape index (κ1) is 28.6. The largest absolute Gasteiger partial charge is 0.420 e. The molecule has 40 heavy (non-hydrogen) atoms. The lowest BCUT2D eigenvalue weighted by Crippen LogP contribution is -2.56. The number of oxazole rings is 1. The molecule has 12 heteroatoms. The van der Waals surface area contributed by atoms with Crippen LogP contribution in [0.5, 0.6) is 0 Å². The fourth-order valence-corrected chi connectivity index (χ4v) is 7.13. The van der Waals surface area contributed by atoms with Gasteiger partial charge in [-0.15, -0.1) is 11.3 Å². The Morgan fingerprint density at radius 1 is 1.43 bits per heavy atom. The Labute approximate surface area is 244 Å². The molecule has 3 aromatic rings. The van der Waals surface area contributed by atoms with Gasteiger partial charge in [-0.1, -0.05) is 19.1 Å². The number of nitriles is 1. The maximum absolute atomic E-state index is 13.4. The normalized spacial score (nSPS) is 23.2. The van der Waals surface area contributed by atoms with Crippen molar-refractivity contribution < 1.29 is 23.3 Å². The molecule has 9 nitrogen and oxygen atoms in total. The molecule has 0 saturated carbocycles. The number of thiophene rings is 1. The number of nitrogens with one attached hydrogen (secondary N) is 1. The lowest BCUT2D eigenvalue weighted by Gasteiger charge is -2.23. The zero-order valence-electron chi connectivity index (χ0n) is 22.2. The summed E-state index contributed by atoms with van der Waals surface area (Å²) in [6.07, 6.45) is 1.74. The number of thiocarbonyl (C=S) groups is 1. The van der Waals surface area contributed by atoms with Crippen molar-refractivity contribution in [2.24, 2.45) is 5.92 Å². The van der Waals surface area contributed by atoms with Gasteiger partial charge in [0.05, 0.1) is 37.3 Å². The number of rotatable bonds is 10. The molecule has 0 unspecified atom stereocenters. The van der Waals surface area contributed by atoms with Crippen molar-refractivity contribution in [3.8, 4) is 16.5 Å². The standard InChI is InChI=1S/C28H29N4O5S2Si/c1-3-9-35-10-8-32-21-11-17(4-6-23(21)37-27(32)34)25-7-5-19(39-25)12-18(14-29)30-26(33)28(40)13-20-22(31(28)2)15-36-16-24(20)38/h4-7,11,18,20,22H,2-3,8-10,12-13,15-16H2,1H3/p+1/t18-,20-,22-,28+/m0/s1. The highest BCUT2D eigenvalue weighted by Gasteiger charge is 2.59. The molecule has 2 aliphatic rings. The molecule has 3 radical (unpaired) electrons. The number of hydrogen-bond acceptors (Lipinski definition) is 8. The van der Waals surface area contributed by atoms with Crippen LogP contribution in [0.25, 0.3) is 21.5 Å². The Morgan fingerprint density at radius 3 is 3.00 bits per heavy atom. The molecule has 2 saturated heterocycles. The van der Waals surface area contributed by atoms with Crippen LogP contribution < -0.4 is 11.1 Å². The first-order valence-corrected chi connectivity index (χ1v) is 14.9. The van der Waals surface area contributed by atoms with Gasteiger partial charge in [0.25, 0.3) is 5.91 Å². The summed E-state index contributed by atoms with van der Waals surface area (Å²) >= 11 is 7.01. The van der Waals surface area contributed by atoms with Crippen LogP contribution in [-0.2, 0) is 27.2 Å². The van der Waals surface area contributed by atoms with Crippen LogP contribution in [0.2, 0.25) is 0 Å². The zero-order valence-corrected chi connectivity index (χ0v) is 24.8. The Balaban J connectivity index is 1.28. The van der Waals surface area contributed by atoms with Crippen LogP contribution in [0.4, 0.5) is 0 Å². The van der Waals surface area contributed by atoms with Gasteiger partial charge in [-0.2, -0.15) is 5.26 Å². The number of ether oxygens (including phenoxy) is 2. The summed E-state index contributed by atoms with van der Waals surface area (Å²) in [5, 5.41) is 11.7. The van der Waals surface area contributed by atoms with E-state index in [1.54, 1.807) is 15.2 Å². The Hall–Kier alpha value is -2.95. The Bertz CT molecular complexity index is 1560. The minimum Gasteiger partial charge on any atom is -0.408 e. The summed E-state index contributed by atoms with van der Waals surface area (Å²) in [6.45, 7) is 8.50. The highest BCUT2D eigenvalue weighted by atomic mass is 32.1. The summed E-state index contributed by atoms with van der Waals surface area (Å²) in [5.74, 6) is -0.698. The number of amides is 1. The maximum Gasteiger partial charge on any atom is 0.420 e. The number of carbonyl (C=O) groups is 1. The van der Waals surface area contributed by atoms with Crippen molar-refractivity contribution in [3.63, 3.8) is 0 Å². The highest BCUT2D eigenvalue weighted by molar-refractivity contribution is 7.80. The number of carbonyl (C=O) groups excluding carboxylic acids is 1. The van der Waals surface area contributed by atoms with E-state index < -0.39 is 17.0 Å². The fourth-order valence-electron chi connectivity index (χ4n) is 5.30. The SMILES string of the molecule is C=[N+]1[C@H]2COCC(=S)[C@H]2C[C@@]1([Si])C(=O)N[C@H](C#N)Cc1ccc(-c2ccc3oc(=O)n(CCOCCC)c3c2)s1. The summed E-state index contributed by atoms with van der Waals surface area (Å²) in [6, 6.07) is 11.0. The van der Waals surface area contributed by atoms with Crippen molar-refractivity contribution in [2.75, 3.05) is 26.4 Å². The molecule has 0 spiro atoms. The molecule has 4 heterocycles. The summed E-state index contributed by atoms with van der Waals surface area (Å²) in [7, 11) is 3.68. The second-order valence-corrected chi connectivity index (χ2v) is 12.6. The van der Waals surface area contributed by atoms with Gasteiger partial charge in [-0.05, 0) is 42.3 Å². The van der Waals surface area contributed by atoms with Gasteiger partial charge in [0.15, 0.2) is 11.6 Å². The minimum atomic E-state index is -1.07. The molecule has 2 fully saturated rings. The van der Waals surface area contributed by atoms with E-state index in [-0.39, 0.29) is 17.9 Å². The first-order valence-electron chi connectivity index (χ1n) is 13.2. The summed E-state index contributed by atoms with van der Waals surface area (Å²) in [4.78, 5) is 28.5.